The lowest BCUT2D eigenvalue weighted by atomic mass is 10.1. The van der Waals surface area contributed by atoms with E-state index in [4.69, 9.17) is 9.26 Å². The Morgan fingerprint density at radius 2 is 2.09 bits per heavy atom. The van der Waals surface area contributed by atoms with E-state index in [0.717, 1.165) is 17.7 Å². The average Bonchev–Trinajstić information content (AvgIpc) is 3.43. The number of sulfonamides is 1. The Hall–Kier alpha value is -4.19. The summed E-state index contributed by atoms with van der Waals surface area (Å²) in [5.74, 6) is -0.997. The molecule has 2 aromatic heterocycles. The second-order valence-corrected chi connectivity index (χ2v) is 8.82. The van der Waals surface area contributed by atoms with Gasteiger partial charge in [-0.05, 0) is 42.0 Å². The Labute approximate surface area is 194 Å². The molecular formula is C22H20FN5O5S. The molecule has 0 saturated carbocycles. The SMILES string of the molecule is C=CC(=O)NCc1ccn(Cc2cc(OC)c3c(NS(=O)(=O)c4ccccc4F)noc3c2)n1. The highest BCUT2D eigenvalue weighted by molar-refractivity contribution is 7.92. The third-order valence-corrected chi connectivity index (χ3v) is 6.22. The summed E-state index contributed by atoms with van der Waals surface area (Å²) in [7, 11) is -2.83. The number of anilines is 1. The van der Waals surface area contributed by atoms with Crippen LogP contribution in [0, 0.1) is 5.82 Å². The van der Waals surface area contributed by atoms with Gasteiger partial charge in [0, 0.05) is 6.20 Å². The first-order valence-corrected chi connectivity index (χ1v) is 11.5. The van der Waals surface area contributed by atoms with E-state index in [2.05, 4.69) is 26.9 Å². The molecule has 10 nitrogen and oxygen atoms in total. The molecule has 0 aliphatic rings. The van der Waals surface area contributed by atoms with Gasteiger partial charge < -0.3 is 14.6 Å². The van der Waals surface area contributed by atoms with E-state index in [-0.39, 0.29) is 23.9 Å². The van der Waals surface area contributed by atoms with Crippen molar-refractivity contribution in [1.29, 1.82) is 0 Å². The lowest BCUT2D eigenvalue weighted by Crippen LogP contribution is -2.20. The van der Waals surface area contributed by atoms with Gasteiger partial charge in [0.1, 0.15) is 21.8 Å². The minimum Gasteiger partial charge on any atom is -0.496 e. The standard InChI is InChI=1S/C22H20FN5O5S/c1-3-20(29)24-12-15-8-9-28(25-15)13-14-10-17(32-2)21-18(11-14)33-26-22(21)27-34(30,31)19-7-5-4-6-16(19)23/h3-11H,1,12-13H2,2H3,(H,24,29)(H,26,27). The number of carbonyl (C=O) groups is 1. The van der Waals surface area contributed by atoms with E-state index in [0.29, 0.717) is 23.4 Å². The van der Waals surface area contributed by atoms with E-state index in [1.165, 1.54) is 25.3 Å². The number of fused-ring (bicyclic) bond motifs is 1. The Kier molecular flexibility index (Phi) is 6.32. The number of carbonyl (C=O) groups excluding carboxylic acids is 1. The topological polar surface area (TPSA) is 128 Å². The molecule has 2 heterocycles. The first kappa shape index (κ1) is 23.0. The van der Waals surface area contributed by atoms with E-state index in [9.17, 15) is 17.6 Å². The Morgan fingerprint density at radius 3 is 2.82 bits per heavy atom. The number of aromatic nitrogens is 3. The summed E-state index contributed by atoms with van der Waals surface area (Å²) in [5, 5.41) is 11.1. The molecule has 2 aromatic carbocycles. The van der Waals surface area contributed by atoms with Crippen LogP contribution in [-0.2, 0) is 27.9 Å². The summed E-state index contributed by atoms with van der Waals surface area (Å²) >= 11 is 0. The van der Waals surface area contributed by atoms with Crippen LogP contribution in [0.4, 0.5) is 10.2 Å². The van der Waals surface area contributed by atoms with Gasteiger partial charge in [0.2, 0.25) is 5.91 Å². The van der Waals surface area contributed by atoms with Crippen molar-refractivity contribution < 1.29 is 26.9 Å². The second kappa shape index (κ2) is 9.35. The molecule has 0 aliphatic heterocycles. The number of halogens is 1. The van der Waals surface area contributed by atoms with Gasteiger partial charge in [-0.1, -0.05) is 23.9 Å². The number of nitrogens with one attached hydrogen (secondary N) is 2. The van der Waals surface area contributed by atoms with Crippen LogP contribution in [0.25, 0.3) is 11.0 Å². The summed E-state index contributed by atoms with van der Waals surface area (Å²) in [6.45, 7) is 4.00. The van der Waals surface area contributed by atoms with Crippen LogP contribution in [0.3, 0.4) is 0 Å². The minimum atomic E-state index is -4.25. The van der Waals surface area contributed by atoms with Gasteiger partial charge in [-0.2, -0.15) is 5.10 Å². The molecule has 0 atom stereocenters. The Balaban J connectivity index is 1.59. The predicted molar refractivity (Wildman–Crippen MR) is 121 cm³/mol. The maximum Gasteiger partial charge on any atom is 0.266 e. The van der Waals surface area contributed by atoms with Gasteiger partial charge in [-0.25, -0.2) is 12.8 Å². The fourth-order valence-corrected chi connectivity index (χ4v) is 4.37. The Bertz CT molecular complexity index is 1480. The summed E-state index contributed by atoms with van der Waals surface area (Å²) in [5.41, 5.74) is 1.67. The molecule has 0 radical (unpaired) electrons. The van der Waals surface area contributed by atoms with E-state index in [1.54, 1.807) is 29.1 Å². The third kappa shape index (κ3) is 4.76. The highest BCUT2D eigenvalue weighted by atomic mass is 32.2. The molecule has 34 heavy (non-hydrogen) atoms. The van der Waals surface area contributed by atoms with Gasteiger partial charge in [0.05, 0.1) is 25.9 Å². The quantitative estimate of drug-likeness (QED) is 0.349. The van der Waals surface area contributed by atoms with Crippen molar-refractivity contribution in [2.45, 2.75) is 18.0 Å². The van der Waals surface area contributed by atoms with Gasteiger partial charge in [-0.3, -0.25) is 14.2 Å². The van der Waals surface area contributed by atoms with Crippen molar-refractivity contribution in [1.82, 2.24) is 20.3 Å². The number of methoxy groups -OCH3 is 1. The number of amides is 1. The average molecular weight is 485 g/mol. The molecule has 0 saturated heterocycles. The first-order valence-electron chi connectivity index (χ1n) is 9.97. The molecule has 0 spiro atoms. The first-order chi connectivity index (χ1) is 16.3. The number of nitrogens with zero attached hydrogens (tertiary/aromatic N) is 3. The van der Waals surface area contributed by atoms with Crippen molar-refractivity contribution >= 4 is 32.7 Å². The molecular weight excluding hydrogens is 465 g/mol. The molecule has 2 N–H and O–H groups in total. The Morgan fingerprint density at radius 1 is 1.29 bits per heavy atom. The van der Waals surface area contributed by atoms with Gasteiger partial charge in [0.25, 0.3) is 10.0 Å². The van der Waals surface area contributed by atoms with Crippen LogP contribution in [-0.4, -0.2) is 36.4 Å². The van der Waals surface area contributed by atoms with Crippen molar-refractivity contribution in [3.05, 3.63) is 78.4 Å². The second-order valence-electron chi connectivity index (χ2n) is 7.16. The van der Waals surface area contributed by atoms with Gasteiger partial charge in [0.15, 0.2) is 11.4 Å². The zero-order valence-corrected chi connectivity index (χ0v) is 18.8. The highest BCUT2D eigenvalue weighted by Gasteiger charge is 2.24. The number of hydrogen-bond donors (Lipinski definition) is 2. The zero-order valence-electron chi connectivity index (χ0n) is 18.0. The molecule has 4 rings (SSSR count). The minimum absolute atomic E-state index is 0.124. The summed E-state index contributed by atoms with van der Waals surface area (Å²) in [6.07, 6.45) is 2.93. The van der Waals surface area contributed by atoms with Crippen LogP contribution < -0.4 is 14.8 Å². The van der Waals surface area contributed by atoms with Gasteiger partial charge in [-0.15, -0.1) is 0 Å². The molecule has 4 aromatic rings. The fourth-order valence-electron chi connectivity index (χ4n) is 3.28. The van der Waals surface area contributed by atoms with E-state index < -0.39 is 20.7 Å². The summed E-state index contributed by atoms with van der Waals surface area (Å²) < 4.78 is 54.0. The van der Waals surface area contributed by atoms with Crippen molar-refractivity contribution in [2.24, 2.45) is 0 Å². The molecule has 0 bridgehead atoms. The summed E-state index contributed by atoms with van der Waals surface area (Å²) in [4.78, 5) is 10.8. The number of benzene rings is 2. The number of rotatable bonds is 9. The van der Waals surface area contributed by atoms with E-state index >= 15 is 0 Å². The number of ether oxygens (including phenoxy) is 1. The smallest absolute Gasteiger partial charge is 0.266 e. The normalized spacial score (nSPS) is 11.4. The molecule has 176 valence electrons. The lowest BCUT2D eigenvalue weighted by molar-refractivity contribution is -0.116. The van der Waals surface area contributed by atoms with Crippen LogP contribution >= 0.6 is 0 Å². The zero-order chi connectivity index (χ0) is 24.3. The molecule has 1 amide bonds. The number of hydrogen-bond acceptors (Lipinski definition) is 7. The van der Waals surface area contributed by atoms with Gasteiger partial charge >= 0.3 is 0 Å². The third-order valence-electron chi connectivity index (χ3n) is 4.84. The van der Waals surface area contributed by atoms with Crippen LogP contribution in [0.15, 0.2) is 70.7 Å². The van der Waals surface area contributed by atoms with E-state index in [1.807, 2.05) is 0 Å². The monoisotopic (exact) mass is 485 g/mol. The largest absolute Gasteiger partial charge is 0.496 e. The molecule has 0 unspecified atom stereocenters. The van der Waals surface area contributed by atoms with Crippen LogP contribution in [0.5, 0.6) is 5.75 Å². The fraction of sp³-hybridized carbons (Fsp3) is 0.136. The van der Waals surface area contributed by atoms with Crippen LogP contribution in [0.2, 0.25) is 0 Å². The molecule has 12 heteroatoms. The maximum atomic E-state index is 14.0. The predicted octanol–water partition coefficient (Wildman–Crippen LogP) is 2.82. The van der Waals surface area contributed by atoms with Crippen molar-refractivity contribution in [3.63, 3.8) is 0 Å². The molecule has 0 fully saturated rings. The van der Waals surface area contributed by atoms with Crippen molar-refractivity contribution in [2.75, 3.05) is 11.8 Å². The highest BCUT2D eigenvalue weighted by Crippen LogP contribution is 2.35. The molecule has 0 aliphatic carbocycles. The maximum absolute atomic E-state index is 14.0. The van der Waals surface area contributed by atoms with Crippen LogP contribution in [0.1, 0.15) is 11.3 Å². The summed E-state index contributed by atoms with van der Waals surface area (Å²) in [6, 6.07) is 10.1. The van der Waals surface area contributed by atoms with Crippen molar-refractivity contribution in [3.8, 4) is 5.75 Å². The lowest BCUT2D eigenvalue weighted by Gasteiger charge is -2.09.